The van der Waals surface area contributed by atoms with Gasteiger partial charge in [-0.3, -0.25) is 0 Å². The van der Waals surface area contributed by atoms with E-state index in [4.69, 9.17) is 3.90 Å². The molecule has 0 rings (SSSR count). The van der Waals surface area contributed by atoms with E-state index in [-0.39, 0.29) is 104 Å². The van der Waals surface area contributed by atoms with Gasteiger partial charge < -0.3 is 0 Å². The molecule has 0 atom stereocenters. The molecule has 0 fully saturated rings. The quantitative estimate of drug-likeness (QED) is 0.473. The molecule has 0 unspecified atom stereocenters. The molecule has 0 aliphatic rings. The van der Waals surface area contributed by atoms with Crippen molar-refractivity contribution in [2.75, 3.05) is 0 Å². The first-order valence-corrected chi connectivity index (χ1v) is 0.532. The molecule has 1 radical (unpaired) electrons. The van der Waals surface area contributed by atoms with Gasteiger partial charge in [0.2, 0.25) is 0 Å². The van der Waals surface area contributed by atoms with Gasteiger partial charge in [-0.15, -0.1) is 0 Å². The van der Waals surface area contributed by atoms with Gasteiger partial charge in [0.1, 0.15) is 0 Å². The van der Waals surface area contributed by atoms with Crippen LogP contribution in [0.5, 0.6) is 0 Å². The molecule has 0 saturated heterocycles. The fraction of sp³-hybridized carbons (Fsp3) is 0. The summed E-state index contributed by atoms with van der Waals surface area (Å²) in [7, 11) is 0. The van der Waals surface area contributed by atoms with E-state index in [0.717, 1.165) is 0 Å². The van der Waals surface area contributed by atoms with Crippen molar-refractivity contribution in [1.29, 1.82) is 0 Å². The Hall–Kier alpha value is 3.64. The van der Waals surface area contributed by atoms with Crippen molar-refractivity contribution in [1.82, 2.24) is 0 Å². The molecule has 5 heavy (non-hydrogen) atoms. The van der Waals surface area contributed by atoms with E-state index in [9.17, 15) is 0 Å². The Labute approximate surface area is 120 Å². The summed E-state index contributed by atoms with van der Waals surface area (Å²) in [5.41, 5.74) is 0. The standard InChI is InChI=1S/Dy.Eu.2Ni.O. The van der Waals surface area contributed by atoms with Gasteiger partial charge in [-0.25, -0.2) is 0 Å². The van der Waals surface area contributed by atoms with Crippen molar-refractivity contribution in [3.05, 3.63) is 0 Å². The summed E-state index contributed by atoms with van der Waals surface area (Å²) in [6, 6.07) is 0. The van der Waals surface area contributed by atoms with Gasteiger partial charge in [0.05, 0.1) is 0 Å². The Morgan fingerprint density at radius 2 is 1.20 bits per heavy atom. The molecule has 0 heterocycles. The first kappa shape index (κ1) is 23.4. The van der Waals surface area contributed by atoms with Crippen molar-refractivity contribution < 1.29 is 123 Å². The van der Waals surface area contributed by atoms with E-state index < -0.39 is 0 Å². The van der Waals surface area contributed by atoms with E-state index in [1.807, 2.05) is 0 Å². The molecule has 0 aromatic heterocycles. The summed E-state index contributed by atoms with van der Waals surface area (Å²) in [6.45, 7) is 0. The van der Waals surface area contributed by atoms with Gasteiger partial charge in [0, 0.05) is 104 Å². The third kappa shape index (κ3) is 18.3. The fourth-order valence-corrected chi connectivity index (χ4v) is 0. The Morgan fingerprint density at radius 3 is 1.20 bits per heavy atom. The second-order valence-corrected chi connectivity index (χ2v) is 0. The third-order valence-electron chi connectivity index (χ3n) is 0. The van der Waals surface area contributed by atoms with Gasteiger partial charge in [0.25, 0.3) is 0 Å². The zero-order chi connectivity index (χ0) is 2.00. The SMILES string of the molecule is [Dy].[Eu].[Ni].[O]=[Ni]. The predicted molar refractivity (Wildman–Crippen MR) is 0.686 cm³/mol. The molecule has 43 valence electrons. The van der Waals surface area contributed by atoms with Crippen molar-refractivity contribution in [3.63, 3.8) is 0 Å². The summed E-state index contributed by atoms with van der Waals surface area (Å²) in [5.74, 6) is 0. The van der Waals surface area contributed by atoms with Crippen LogP contribution in [-0.2, 0) is 35.8 Å². The maximum atomic E-state index is 7.88. The summed E-state index contributed by atoms with van der Waals surface area (Å²) in [5, 5.41) is 0. The monoisotopic (exact) mass is 449 g/mol. The van der Waals surface area contributed by atoms with Crippen LogP contribution in [0, 0.1) is 87.6 Å². The predicted octanol–water partition coefficient (Wildman–Crippen LogP) is -0.124. The zero-order valence-corrected chi connectivity index (χ0v) is 8.16. The van der Waals surface area contributed by atoms with E-state index in [1.54, 1.807) is 0 Å². The van der Waals surface area contributed by atoms with E-state index in [1.165, 1.54) is 0 Å². The molecule has 0 N–H and O–H groups in total. The molecule has 0 spiro atoms. The minimum atomic E-state index is 0. The second-order valence-electron chi connectivity index (χ2n) is 0. The van der Waals surface area contributed by atoms with Crippen LogP contribution in [0.3, 0.4) is 0 Å². The molecule has 0 aromatic carbocycles. The zero-order valence-electron chi connectivity index (χ0n) is 1.73. The van der Waals surface area contributed by atoms with Crippen molar-refractivity contribution in [3.8, 4) is 0 Å². The average Bonchev–Trinajstić information content (AvgIpc) is 1.00. The average molecular weight is 448 g/mol. The maximum absolute atomic E-state index is 7.88. The van der Waals surface area contributed by atoms with Crippen molar-refractivity contribution in [2.45, 2.75) is 0 Å². The molecule has 1 nitrogen and oxygen atoms in total. The molecule has 5 heteroatoms. The van der Waals surface area contributed by atoms with E-state index >= 15 is 0 Å². The molecule has 0 aromatic rings. The Kier molecular flexibility index (Phi) is 119. The second kappa shape index (κ2) is 25.4. The minimum absolute atomic E-state index is 0. The van der Waals surface area contributed by atoms with Crippen LogP contribution in [-0.4, -0.2) is 0 Å². The Bertz CT molecular complexity index is 9.61. The Balaban J connectivity index is -0.00000000167. The molecule has 0 bridgehead atoms. The fourth-order valence-electron chi connectivity index (χ4n) is 0. The summed E-state index contributed by atoms with van der Waals surface area (Å²) >= 11 is 2.62. The Morgan fingerprint density at radius 1 is 1.20 bits per heavy atom. The topological polar surface area (TPSA) is 17.1 Å². The number of hydrogen-bond acceptors (Lipinski definition) is 1. The van der Waals surface area contributed by atoms with Gasteiger partial charge in [-0.1, -0.05) is 0 Å². The van der Waals surface area contributed by atoms with E-state index in [0.29, 0.717) is 0 Å². The van der Waals surface area contributed by atoms with Crippen molar-refractivity contribution >= 4 is 0 Å². The van der Waals surface area contributed by atoms with Crippen LogP contribution >= 0.6 is 0 Å². The number of rotatable bonds is 0. The van der Waals surface area contributed by atoms with Crippen molar-refractivity contribution in [2.24, 2.45) is 0 Å². The van der Waals surface area contributed by atoms with Gasteiger partial charge in [-0.2, -0.15) is 0 Å². The summed E-state index contributed by atoms with van der Waals surface area (Å²) in [6.07, 6.45) is 0. The van der Waals surface area contributed by atoms with Crippen LogP contribution in [0.4, 0.5) is 0 Å². The molecule has 0 saturated carbocycles. The molecular formula is DyEuNi2O. The molecule has 0 aliphatic heterocycles. The molecular weight excluding hydrogens is 448 g/mol. The van der Waals surface area contributed by atoms with Crippen LogP contribution in [0.1, 0.15) is 0 Å². The number of hydrogen-bond donors (Lipinski definition) is 0. The first-order valence-electron chi connectivity index (χ1n) is 0.129. The van der Waals surface area contributed by atoms with Crippen LogP contribution in [0.2, 0.25) is 0 Å². The normalized spacial score (nSPS) is 1.20. The van der Waals surface area contributed by atoms with Crippen LogP contribution in [0.25, 0.3) is 0 Å². The van der Waals surface area contributed by atoms with Crippen LogP contribution in [0.15, 0.2) is 0 Å². The van der Waals surface area contributed by atoms with Gasteiger partial charge >= 0.3 is 19.3 Å². The van der Waals surface area contributed by atoms with Gasteiger partial charge in [0.15, 0.2) is 0 Å². The van der Waals surface area contributed by atoms with Gasteiger partial charge in [-0.05, 0) is 0 Å². The molecule has 0 amide bonds. The van der Waals surface area contributed by atoms with Crippen LogP contribution < -0.4 is 0 Å². The van der Waals surface area contributed by atoms with E-state index in [2.05, 4.69) is 15.4 Å². The molecule has 0 aliphatic carbocycles. The summed E-state index contributed by atoms with van der Waals surface area (Å²) < 4.78 is 7.88. The summed E-state index contributed by atoms with van der Waals surface area (Å²) in [4.78, 5) is 0. The first-order chi connectivity index (χ1) is 1.00. The third-order valence-corrected chi connectivity index (χ3v) is 0.